The quantitative estimate of drug-likeness (QED) is 0.639. The zero-order chi connectivity index (χ0) is 16.1. The minimum absolute atomic E-state index is 0.138. The molecule has 1 aromatic heterocycles. The van der Waals surface area contributed by atoms with Gasteiger partial charge in [0, 0.05) is 18.3 Å². The van der Waals surface area contributed by atoms with E-state index in [1.165, 1.54) is 17.8 Å². The average molecular weight is 303 g/mol. The van der Waals surface area contributed by atoms with E-state index < -0.39 is 4.92 Å². The maximum absolute atomic E-state index is 11.8. The van der Waals surface area contributed by atoms with Gasteiger partial charge in [-0.2, -0.15) is 5.10 Å². The van der Waals surface area contributed by atoms with Crippen LogP contribution in [0.1, 0.15) is 6.92 Å². The molecule has 0 aliphatic carbocycles. The molecule has 114 valence electrons. The second-order valence-corrected chi connectivity index (χ2v) is 4.46. The number of hydrogen-bond acceptors (Lipinski definition) is 5. The summed E-state index contributed by atoms with van der Waals surface area (Å²) >= 11 is 0. The van der Waals surface area contributed by atoms with Crippen LogP contribution in [0.5, 0.6) is 0 Å². The predicted molar refractivity (Wildman–Crippen MR) is 78.3 cm³/mol. The number of hydrogen-bond donors (Lipinski definition) is 2. The zero-order valence-corrected chi connectivity index (χ0v) is 11.6. The Morgan fingerprint density at radius 1 is 1.23 bits per heavy atom. The van der Waals surface area contributed by atoms with E-state index in [4.69, 9.17) is 0 Å². The van der Waals surface area contributed by atoms with Crippen molar-refractivity contribution in [2.45, 2.75) is 13.5 Å². The van der Waals surface area contributed by atoms with Crippen LogP contribution in [0.25, 0.3) is 0 Å². The average Bonchev–Trinajstić information content (AvgIpc) is 2.89. The Kier molecular flexibility index (Phi) is 4.47. The van der Waals surface area contributed by atoms with E-state index in [0.29, 0.717) is 11.4 Å². The van der Waals surface area contributed by atoms with Gasteiger partial charge in [-0.25, -0.2) is 0 Å². The highest BCUT2D eigenvalue weighted by molar-refractivity contribution is 5.92. The molecule has 0 fully saturated rings. The SMILES string of the molecule is CC(=O)Nc1ccc(NC(=O)Cn2cc([N+](=O)[O-])cn2)cc1. The van der Waals surface area contributed by atoms with Crippen molar-refractivity contribution in [3.63, 3.8) is 0 Å². The standard InChI is InChI=1S/C13H13N5O4/c1-9(19)15-10-2-4-11(5-3-10)16-13(20)8-17-7-12(6-14-17)18(21)22/h2-7H,8H2,1H3,(H,15,19)(H,16,20). The van der Waals surface area contributed by atoms with Gasteiger partial charge >= 0.3 is 5.69 Å². The number of anilines is 2. The third-order valence-electron chi connectivity index (χ3n) is 2.63. The van der Waals surface area contributed by atoms with Crippen LogP contribution in [0.2, 0.25) is 0 Å². The van der Waals surface area contributed by atoms with Crippen molar-refractivity contribution in [3.8, 4) is 0 Å². The first-order chi connectivity index (χ1) is 10.4. The maximum Gasteiger partial charge on any atom is 0.307 e. The lowest BCUT2D eigenvalue weighted by Crippen LogP contribution is -2.19. The summed E-state index contributed by atoms with van der Waals surface area (Å²) in [6, 6.07) is 6.56. The van der Waals surface area contributed by atoms with Gasteiger partial charge in [0.2, 0.25) is 11.8 Å². The molecule has 22 heavy (non-hydrogen) atoms. The molecular weight excluding hydrogens is 290 g/mol. The van der Waals surface area contributed by atoms with E-state index in [-0.39, 0.29) is 24.0 Å². The summed E-state index contributed by atoms with van der Waals surface area (Å²) in [6.07, 6.45) is 2.26. The van der Waals surface area contributed by atoms with E-state index >= 15 is 0 Å². The molecular formula is C13H13N5O4. The summed E-state index contributed by atoms with van der Waals surface area (Å²) in [7, 11) is 0. The van der Waals surface area contributed by atoms with Crippen molar-refractivity contribution in [1.29, 1.82) is 0 Å². The molecule has 2 aromatic rings. The summed E-state index contributed by atoms with van der Waals surface area (Å²) in [5, 5.41) is 19.5. The number of nitro groups is 1. The second-order valence-electron chi connectivity index (χ2n) is 4.46. The fourth-order valence-corrected chi connectivity index (χ4v) is 1.72. The topological polar surface area (TPSA) is 119 Å². The fourth-order valence-electron chi connectivity index (χ4n) is 1.72. The predicted octanol–water partition coefficient (Wildman–Crippen LogP) is 1.39. The van der Waals surface area contributed by atoms with Crippen molar-refractivity contribution in [1.82, 2.24) is 9.78 Å². The molecule has 9 heteroatoms. The molecule has 0 saturated carbocycles. The van der Waals surface area contributed by atoms with E-state index in [0.717, 1.165) is 6.20 Å². The first-order valence-electron chi connectivity index (χ1n) is 6.28. The molecule has 2 amide bonds. The van der Waals surface area contributed by atoms with Crippen LogP contribution < -0.4 is 10.6 Å². The van der Waals surface area contributed by atoms with E-state index in [1.807, 2.05) is 0 Å². The minimum atomic E-state index is -0.581. The highest BCUT2D eigenvalue weighted by Gasteiger charge is 2.11. The Bertz CT molecular complexity index is 707. The van der Waals surface area contributed by atoms with Crippen molar-refractivity contribution in [3.05, 3.63) is 46.8 Å². The Morgan fingerprint density at radius 3 is 2.32 bits per heavy atom. The number of rotatable bonds is 5. The maximum atomic E-state index is 11.8. The zero-order valence-electron chi connectivity index (χ0n) is 11.6. The molecule has 0 unspecified atom stereocenters. The lowest BCUT2D eigenvalue weighted by atomic mass is 10.2. The molecule has 0 aliphatic heterocycles. The lowest BCUT2D eigenvalue weighted by Gasteiger charge is -2.07. The van der Waals surface area contributed by atoms with Gasteiger partial charge in [-0.05, 0) is 24.3 Å². The van der Waals surface area contributed by atoms with Crippen LogP contribution in [0.4, 0.5) is 17.1 Å². The Labute approximate surface area is 125 Å². The first kappa shape index (κ1) is 15.2. The molecule has 9 nitrogen and oxygen atoms in total. The summed E-state index contributed by atoms with van der Waals surface area (Å²) in [5.74, 6) is -0.553. The highest BCUT2D eigenvalue weighted by Crippen LogP contribution is 2.14. The van der Waals surface area contributed by atoms with Gasteiger partial charge in [0.05, 0.1) is 4.92 Å². The third kappa shape index (κ3) is 4.13. The summed E-state index contributed by atoms with van der Waals surface area (Å²) in [5.41, 5.74) is 0.987. The monoisotopic (exact) mass is 303 g/mol. The van der Waals surface area contributed by atoms with Gasteiger partial charge in [0.25, 0.3) is 0 Å². The molecule has 1 heterocycles. The van der Waals surface area contributed by atoms with Crippen LogP contribution in [0.15, 0.2) is 36.7 Å². The molecule has 2 rings (SSSR count). The van der Waals surface area contributed by atoms with E-state index in [9.17, 15) is 19.7 Å². The van der Waals surface area contributed by atoms with E-state index in [1.54, 1.807) is 24.3 Å². The van der Waals surface area contributed by atoms with Gasteiger partial charge in [0.1, 0.15) is 18.9 Å². The summed E-state index contributed by atoms with van der Waals surface area (Å²) in [4.78, 5) is 32.6. The van der Waals surface area contributed by atoms with Crippen molar-refractivity contribution in [2.75, 3.05) is 10.6 Å². The molecule has 1 aromatic carbocycles. The van der Waals surface area contributed by atoms with Crippen molar-refractivity contribution in [2.24, 2.45) is 0 Å². The highest BCUT2D eigenvalue weighted by atomic mass is 16.6. The van der Waals surface area contributed by atoms with E-state index in [2.05, 4.69) is 15.7 Å². The Balaban J connectivity index is 1.93. The first-order valence-corrected chi connectivity index (χ1v) is 6.28. The number of nitrogens with zero attached hydrogens (tertiary/aromatic N) is 3. The molecule has 0 spiro atoms. The van der Waals surface area contributed by atoms with Gasteiger partial charge in [-0.3, -0.25) is 24.4 Å². The third-order valence-corrected chi connectivity index (χ3v) is 2.63. The van der Waals surface area contributed by atoms with Gasteiger partial charge in [-0.15, -0.1) is 0 Å². The molecule has 0 aliphatic rings. The van der Waals surface area contributed by atoms with Gasteiger partial charge < -0.3 is 10.6 Å². The Hall–Kier alpha value is -3.23. The Morgan fingerprint density at radius 2 is 1.82 bits per heavy atom. The normalized spacial score (nSPS) is 10.0. The number of carbonyl (C=O) groups is 2. The number of nitrogens with one attached hydrogen (secondary N) is 2. The number of aromatic nitrogens is 2. The lowest BCUT2D eigenvalue weighted by molar-refractivity contribution is -0.385. The molecule has 0 atom stereocenters. The molecule has 2 N–H and O–H groups in total. The summed E-state index contributed by atoms with van der Waals surface area (Å²) < 4.78 is 1.18. The largest absolute Gasteiger partial charge is 0.326 e. The van der Waals surface area contributed by atoms with Crippen LogP contribution >= 0.6 is 0 Å². The van der Waals surface area contributed by atoms with Crippen LogP contribution in [-0.4, -0.2) is 26.5 Å². The smallest absolute Gasteiger partial charge is 0.307 e. The van der Waals surface area contributed by atoms with Crippen molar-refractivity contribution < 1.29 is 14.5 Å². The van der Waals surface area contributed by atoms with Crippen LogP contribution in [0.3, 0.4) is 0 Å². The van der Waals surface area contributed by atoms with Crippen LogP contribution in [-0.2, 0) is 16.1 Å². The molecule has 0 saturated heterocycles. The summed E-state index contributed by atoms with van der Waals surface area (Å²) in [6.45, 7) is 1.26. The van der Waals surface area contributed by atoms with Gasteiger partial charge in [0.15, 0.2) is 0 Å². The van der Waals surface area contributed by atoms with Gasteiger partial charge in [-0.1, -0.05) is 0 Å². The van der Waals surface area contributed by atoms with Crippen molar-refractivity contribution >= 4 is 28.9 Å². The second kappa shape index (κ2) is 6.48. The fraction of sp³-hybridized carbons (Fsp3) is 0.154. The molecule has 0 radical (unpaired) electrons. The number of carbonyl (C=O) groups excluding carboxylic acids is 2. The minimum Gasteiger partial charge on any atom is -0.326 e. The molecule has 0 bridgehead atoms. The van der Waals surface area contributed by atoms with Crippen LogP contribution in [0, 0.1) is 10.1 Å². The number of benzene rings is 1. The number of amides is 2.